The molecule has 1 heterocycles. The lowest BCUT2D eigenvalue weighted by Gasteiger charge is -2.18. The molecule has 0 spiro atoms. The lowest BCUT2D eigenvalue weighted by molar-refractivity contribution is -0.116. The number of hydrogen-bond acceptors (Lipinski definition) is 4. The van der Waals surface area contributed by atoms with Crippen LogP contribution in [0.25, 0.3) is 10.8 Å². The number of nitrogens with one attached hydrogen (secondary N) is 1. The van der Waals surface area contributed by atoms with Gasteiger partial charge in [-0.3, -0.25) is 14.4 Å². The van der Waals surface area contributed by atoms with Crippen LogP contribution in [0.2, 0.25) is 5.02 Å². The summed E-state index contributed by atoms with van der Waals surface area (Å²) in [5, 5.41) is 8.51. The van der Waals surface area contributed by atoms with Crippen LogP contribution in [0.15, 0.2) is 83.7 Å². The van der Waals surface area contributed by atoms with Gasteiger partial charge in [0.25, 0.3) is 11.5 Å². The molecular formula is C25H21ClN4O3. The minimum atomic E-state index is -0.459. The second kappa shape index (κ2) is 9.67. The lowest BCUT2D eigenvalue weighted by atomic mass is 10.1. The molecule has 0 bridgehead atoms. The first-order valence-electron chi connectivity index (χ1n) is 10.3. The van der Waals surface area contributed by atoms with E-state index in [1.54, 1.807) is 48.5 Å². The smallest absolute Gasteiger partial charge is 0.275 e. The molecule has 0 aliphatic heterocycles. The van der Waals surface area contributed by atoms with Gasteiger partial charge in [0.1, 0.15) is 0 Å². The van der Waals surface area contributed by atoms with Crippen molar-refractivity contribution in [3.8, 4) is 0 Å². The summed E-state index contributed by atoms with van der Waals surface area (Å²) in [7, 11) is 1.52. The number of carbonyl (C=O) groups excluding carboxylic acids is 2. The summed E-state index contributed by atoms with van der Waals surface area (Å²) < 4.78 is 1.28. The van der Waals surface area contributed by atoms with E-state index in [0.29, 0.717) is 21.5 Å². The van der Waals surface area contributed by atoms with E-state index >= 15 is 0 Å². The maximum absolute atomic E-state index is 13.3. The van der Waals surface area contributed by atoms with Gasteiger partial charge < -0.3 is 10.2 Å². The van der Waals surface area contributed by atoms with Gasteiger partial charge in [-0.1, -0.05) is 60.1 Å². The van der Waals surface area contributed by atoms with Crippen LogP contribution >= 0.6 is 11.6 Å². The van der Waals surface area contributed by atoms with Crippen molar-refractivity contribution >= 4 is 39.9 Å². The summed E-state index contributed by atoms with van der Waals surface area (Å²) in [6, 6.07) is 22.9. The van der Waals surface area contributed by atoms with E-state index in [2.05, 4.69) is 10.4 Å². The van der Waals surface area contributed by atoms with Crippen LogP contribution in [0.3, 0.4) is 0 Å². The van der Waals surface area contributed by atoms with Gasteiger partial charge >= 0.3 is 0 Å². The zero-order valence-electron chi connectivity index (χ0n) is 17.9. The Morgan fingerprint density at radius 3 is 2.27 bits per heavy atom. The molecule has 2 amide bonds. The fourth-order valence-corrected chi connectivity index (χ4v) is 3.58. The van der Waals surface area contributed by atoms with E-state index in [9.17, 15) is 14.4 Å². The Morgan fingerprint density at radius 2 is 1.58 bits per heavy atom. The summed E-state index contributed by atoms with van der Waals surface area (Å²) in [4.78, 5) is 40.0. The Hall–Kier alpha value is -3.97. The van der Waals surface area contributed by atoms with Gasteiger partial charge in [-0.2, -0.15) is 5.10 Å². The highest BCUT2D eigenvalue weighted by atomic mass is 35.5. The highest BCUT2D eigenvalue weighted by Gasteiger charge is 2.21. The molecule has 0 aliphatic carbocycles. The van der Waals surface area contributed by atoms with Crippen LogP contribution in [-0.4, -0.2) is 40.1 Å². The predicted molar refractivity (Wildman–Crippen MR) is 129 cm³/mol. The van der Waals surface area contributed by atoms with Gasteiger partial charge in [0.05, 0.1) is 18.5 Å². The van der Waals surface area contributed by atoms with Crippen molar-refractivity contribution in [3.63, 3.8) is 0 Å². The number of hydrogen-bond donors (Lipinski definition) is 1. The molecule has 33 heavy (non-hydrogen) atoms. The second-order valence-electron chi connectivity index (χ2n) is 7.56. The van der Waals surface area contributed by atoms with Gasteiger partial charge in [-0.25, -0.2) is 4.68 Å². The third-order valence-electron chi connectivity index (χ3n) is 5.10. The summed E-state index contributed by atoms with van der Waals surface area (Å²) in [5.41, 5.74) is 1.29. The SMILES string of the molecule is CN(CC(=O)Nc1ccc(Cl)cc1)C(=O)c1nn(Cc2ccccc2)c(=O)c2ccccc12. The number of amides is 2. The Morgan fingerprint density at radius 1 is 0.939 bits per heavy atom. The predicted octanol–water partition coefficient (Wildman–Crippen LogP) is 3.81. The minimum absolute atomic E-state index is 0.114. The largest absolute Gasteiger partial charge is 0.331 e. The Bertz CT molecular complexity index is 1370. The van der Waals surface area contributed by atoms with E-state index in [1.807, 2.05) is 30.3 Å². The van der Waals surface area contributed by atoms with Gasteiger partial charge in [0.15, 0.2) is 5.69 Å². The van der Waals surface area contributed by atoms with Gasteiger partial charge in [0.2, 0.25) is 5.91 Å². The third-order valence-corrected chi connectivity index (χ3v) is 5.35. The highest BCUT2D eigenvalue weighted by Crippen LogP contribution is 2.16. The first-order valence-corrected chi connectivity index (χ1v) is 10.6. The number of fused-ring (bicyclic) bond motifs is 1. The standard InChI is InChI=1S/C25H21ClN4O3/c1-29(16-22(31)27-19-13-11-18(26)12-14-19)25(33)23-20-9-5-6-10-21(20)24(32)30(28-23)15-17-7-3-2-4-8-17/h2-14H,15-16H2,1H3,(H,27,31). The third kappa shape index (κ3) is 5.10. The average molecular weight is 461 g/mol. The zero-order chi connectivity index (χ0) is 23.4. The summed E-state index contributed by atoms with van der Waals surface area (Å²) >= 11 is 5.87. The van der Waals surface area contributed by atoms with Crippen molar-refractivity contribution in [2.75, 3.05) is 18.9 Å². The maximum Gasteiger partial charge on any atom is 0.275 e. The average Bonchev–Trinajstić information content (AvgIpc) is 2.82. The monoisotopic (exact) mass is 460 g/mol. The molecule has 0 fully saturated rings. The van der Waals surface area contributed by atoms with Gasteiger partial charge in [0, 0.05) is 23.1 Å². The van der Waals surface area contributed by atoms with Crippen LogP contribution in [0, 0.1) is 0 Å². The molecule has 3 aromatic carbocycles. The first kappa shape index (κ1) is 22.2. The van der Waals surface area contributed by atoms with Crippen LogP contribution in [-0.2, 0) is 11.3 Å². The molecule has 0 unspecified atom stereocenters. The van der Waals surface area contributed by atoms with E-state index in [4.69, 9.17) is 11.6 Å². The van der Waals surface area contributed by atoms with Crippen LogP contribution in [0.1, 0.15) is 16.1 Å². The molecule has 4 aromatic rings. The lowest BCUT2D eigenvalue weighted by Crippen LogP contribution is -2.37. The molecule has 0 atom stereocenters. The summed E-state index contributed by atoms with van der Waals surface area (Å²) in [6.45, 7) is 0.0425. The molecular weight excluding hydrogens is 440 g/mol. The molecule has 166 valence electrons. The number of benzene rings is 3. The Balaban J connectivity index is 1.61. The van der Waals surface area contributed by atoms with Crippen molar-refractivity contribution < 1.29 is 9.59 Å². The van der Waals surface area contributed by atoms with E-state index in [0.717, 1.165) is 5.56 Å². The topological polar surface area (TPSA) is 84.3 Å². The molecule has 1 N–H and O–H groups in total. The van der Waals surface area contributed by atoms with Crippen molar-refractivity contribution in [2.24, 2.45) is 0 Å². The van der Waals surface area contributed by atoms with Crippen molar-refractivity contribution in [1.29, 1.82) is 0 Å². The molecule has 8 heteroatoms. The number of halogens is 1. The fraction of sp³-hybridized carbons (Fsp3) is 0.120. The molecule has 0 aliphatic rings. The van der Waals surface area contributed by atoms with Gasteiger partial charge in [-0.15, -0.1) is 0 Å². The van der Waals surface area contributed by atoms with Gasteiger partial charge in [-0.05, 0) is 35.9 Å². The Kier molecular flexibility index (Phi) is 6.51. The van der Waals surface area contributed by atoms with Crippen LogP contribution < -0.4 is 10.9 Å². The number of likely N-dealkylation sites (N-methyl/N-ethyl adjacent to an activating group) is 1. The maximum atomic E-state index is 13.3. The van der Waals surface area contributed by atoms with E-state index in [-0.39, 0.29) is 30.2 Å². The zero-order valence-corrected chi connectivity index (χ0v) is 18.6. The number of nitrogens with zero attached hydrogens (tertiary/aromatic N) is 3. The quantitative estimate of drug-likeness (QED) is 0.474. The van der Waals surface area contributed by atoms with E-state index in [1.165, 1.54) is 16.6 Å². The van der Waals surface area contributed by atoms with Crippen molar-refractivity contribution in [1.82, 2.24) is 14.7 Å². The Labute approximate surface area is 195 Å². The molecule has 0 saturated carbocycles. The highest BCUT2D eigenvalue weighted by molar-refractivity contribution is 6.30. The molecule has 7 nitrogen and oxygen atoms in total. The number of aromatic nitrogens is 2. The normalized spacial score (nSPS) is 10.7. The van der Waals surface area contributed by atoms with Crippen molar-refractivity contribution in [2.45, 2.75) is 6.54 Å². The number of rotatable bonds is 6. The molecule has 0 saturated heterocycles. The fourth-order valence-electron chi connectivity index (χ4n) is 3.46. The van der Waals surface area contributed by atoms with Crippen LogP contribution in [0.4, 0.5) is 5.69 Å². The second-order valence-corrected chi connectivity index (χ2v) is 8.00. The van der Waals surface area contributed by atoms with Crippen LogP contribution in [0.5, 0.6) is 0 Å². The minimum Gasteiger partial charge on any atom is -0.331 e. The summed E-state index contributed by atoms with van der Waals surface area (Å²) in [5.74, 6) is -0.825. The molecule has 4 rings (SSSR count). The number of anilines is 1. The molecule has 0 radical (unpaired) electrons. The van der Waals surface area contributed by atoms with E-state index < -0.39 is 5.91 Å². The summed E-state index contributed by atoms with van der Waals surface area (Å²) in [6.07, 6.45) is 0. The van der Waals surface area contributed by atoms with Crippen molar-refractivity contribution in [3.05, 3.63) is 105 Å². The number of carbonyl (C=O) groups is 2. The molecule has 1 aromatic heterocycles. The first-order chi connectivity index (χ1) is 15.9.